The molecule has 1 amide bonds. The Balaban J connectivity index is 1.72. The molecule has 1 aliphatic heterocycles. The Kier molecular flexibility index (Phi) is 3.74. The molecule has 0 radical (unpaired) electrons. The van der Waals surface area contributed by atoms with Gasteiger partial charge in [0.25, 0.3) is 0 Å². The van der Waals surface area contributed by atoms with E-state index in [-0.39, 0.29) is 11.8 Å². The number of nitrogens with zero attached hydrogens (tertiary/aromatic N) is 3. The predicted molar refractivity (Wildman–Crippen MR) is 79.0 cm³/mol. The molecule has 1 aromatic carbocycles. The first-order valence-corrected chi connectivity index (χ1v) is 7.22. The quantitative estimate of drug-likeness (QED) is 0.811. The number of carbonyl (C=O) groups is 1. The molecule has 1 fully saturated rings. The summed E-state index contributed by atoms with van der Waals surface area (Å²) in [4.78, 5) is 13.7. The highest BCUT2D eigenvalue weighted by atomic mass is 35.5. The zero-order valence-corrected chi connectivity index (χ0v) is 11.8. The summed E-state index contributed by atoms with van der Waals surface area (Å²) in [5.74, 6) is 0.914. The Hall–Kier alpha value is -1.81. The van der Waals surface area contributed by atoms with Crippen LogP contribution in [0.3, 0.4) is 0 Å². The fraction of sp³-hybridized carbons (Fsp3) is 0.333. The molecule has 0 aliphatic carbocycles. The maximum absolute atomic E-state index is 11.9. The van der Waals surface area contributed by atoms with Crippen LogP contribution in [0.5, 0.6) is 0 Å². The van der Waals surface area contributed by atoms with E-state index < -0.39 is 0 Å². The van der Waals surface area contributed by atoms with Gasteiger partial charge in [-0.2, -0.15) is 5.10 Å². The van der Waals surface area contributed by atoms with Gasteiger partial charge in [-0.05, 0) is 11.5 Å². The highest BCUT2D eigenvalue weighted by Gasteiger charge is 2.30. The van der Waals surface area contributed by atoms with Crippen molar-refractivity contribution in [3.63, 3.8) is 0 Å². The highest BCUT2D eigenvalue weighted by Crippen LogP contribution is 2.25. The summed E-state index contributed by atoms with van der Waals surface area (Å²) in [5.41, 5.74) is 2.05. The van der Waals surface area contributed by atoms with Crippen LogP contribution in [0.2, 0.25) is 0 Å². The van der Waals surface area contributed by atoms with Crippen LogP contribution in [0.1, 0.15) is 12.0 Å². The van der Waals surface area contributed by atoms with Gasteiger partial charge in [0.05, 0.1) is 18.4 Å². The first kappa shape index (κ1) is 13.2. The zero-order valence-electron chi connectivity index (χ0n) is 11.1. The van der Waals surface area contributed by atoms with Gasteiger partial charge in [0, 0.05) is 25.0 Å². The van der Waals surface area contributed by atoms with Crippen molar-refractivity contribution in [2.24, 2.45) is 5.92 Å². The molecule has 1 aromatic heterocycles. The standard InChI is InChI=1S/C15H16ClN3O/c16-7-13-6-15(20)19(10-13)14-8-17-18(11-14)9-12-4-2-1-3-5-12/h1-5,8,11,13H,6-7,9-10H2. The largest absolute Gasteiger partial charge is 0.309 e. The fourth-order valence-electron chi connectivity index (χ4n) is 2.48. The van der Waals surface area contributed by atoms with Crippen LogP contribution in [0.4, 0.5) is 5.69 Å². The second-order valence-electron chi connectivity index (χ2n) is 5.11. The second kappa shape index (κ2) is 5.67. The molecule has 1 saturated heterocycles. The molecule has 2 aromatic rings. The van der Waals surface area contributed by atoms with Gasteiger partial charge in [0.2, 0.25) is 5.91 Å². The molecule has 1 unspecified atom stereocenters. The minimum Gasteiger partial charge on any atom is -0.309 e. The van der Waals surface area contributed by atoms with Gasteiger partial charge in [-0.15, -0.1) is 11.6 Å². The minimum absolute atomic E-state index is 0.134. The van der Waals surface area contributed by atoms with E-state index >= 15 is 0 Å². The number of rotatable bonds is 4. The van der Waals surface area contributed by atoms with Crippen molar-refractivity contribution < 1.29 is 4.79 Å². The maximum atomic E-state index is 11.9. The number of anilines is 1. The number of carbonyl (C=O) groups excluding carboxylic acids is 1. The molecule has 4 nitrogen and oxygen atoms in total. The van der Waals surface area contributed by atoms with E-state index in [0.29, 0.717) is 25.4 Å². The summed E-state index contributed by atoms with van der Waals surface area (Å²) < 4.78 is 1.85. The number of aromatic nitrogens is 2. The van der Waals surface area contributed by atoms with E-state index in [1.54, 1.807) is 11.1 Å². The Labute approximate surface area is 123 Å². The van der Waals surface area contributed by atoms with Gasteiger partial charge in [-0.1, -0.05) is 30.3 Å². The van der Waals surface area contributed by atoms with Crippen molar-refractivity contribution in [1.82, 2.24) is 9.78 Å². The average Bonchev–Trinajstić information content (AvgIpc) is 3.06. The lowest BCUT2D eigenvalue weighted by molar-refractivity contribution is -0.117. The maximum Gasteiger partial charge on any atom is 0.227 e. The molecule has 2 heterocycles. The summed E-state index contributed by atoms with van der Waals surface area (Å²) in [5, 5.41) is 4.33. The first-order valence-electron chi connectivity index (χ1n) is 6.69. The van der Waals surface area contributed by atoms with Gasteiger partial charge in [-0.25, -0.2) is 0 Å². The second-order valence-corrected chi connectivity index (χ2v) is 5.42. The van der Waals surface area contributed by atoms with E-state index in [9.17, 15) is 4.79 Å². The highest BCUT2D eigenvalue weighted by molar-refractivity contribution is 6.18. The fourth-order valence-corrected chi connectivity index (χ4v) is 2.69. The molecule has 5 heteroatoms. The van der Waals surface area contributed by atoms with E-state index in [1.165, 1.54) is 5.56 Å². The van der Waals surface area contributed by atoms with E-state index in [4.69, 9.17) is 11.6 Å². The van der Waals surface area contributed by atoms with Crippen molar-refractivity contribution in [3.05, 3.63) is 48.3 Å². The Morgan fingerprint density at radius 3 is 2.80 bits per heavy atom. The molecule has 0 bridgehead atoms. The molecule has 20 heavy (non-hydrogen) atoms. The SMILES string of the molecule is O=C1CC(CCl)CN1c1cnn(Cc2ccccc2)c1. The molecule has 1 aliphatic rings. The third kappa shape index (κ3) is 2.70. The number of hydrogen-bond donors (Lipinski definition) is 0. The first-order chi connectivity index (χ1) is 9.76. The predicted octanol–water partition coefficient (Wildman–Crippen LogP) is 2.52. The normalized spacial score (nSPS) is 18.8. The zero-order chi connectivity index (χ0) is 13.9. The van der Waals surface area contributed by atoms with Crippen molar-refractivity contribution in [1.29, 1.82) is 0 Å². The Bertz CT molecular complexity index is 596. The average molecular weight is 290 g/mol. The Morgan fingerprint density at radius 2 is 2.10 bits per heavy atom. The van der Waals surface area contributed by atoms with Crippen molar-refractivity contribution >= 4 is 23.2 Å². The summed E-state index contributed by atoms with van der Waals surface area (Å²) in [6, 6.07) is 10.1. The lowest BCUT2D eigenvalue weighted by Crippen LogP contribution is -2.24. The van der Waals surface area contributed by atoms with Crippen LogP contribution in [0.15, 0.2) is 42.7 Å². The van der Waals surface area contributed by atoms with Crippen molar-refractivity contribution in [2.45, 2.75) is 13.0 Å². The topological polar surface area (TPSA) is 38.1 Å². The monoisotopic (exact) mass is 289 g/mol. The lowest BCUT2D eigenvalue weighted by atomic mass is 10.1. The van der Waals surface area contributed by atoms with Crippen LogP contribution in [-0.2, 0) is 11.3 Å². The van der Waals surface area contributed by atoms with E-state index in [0.717, 1.165) is 5.69 Å². The van der Waals surface area contributed by atoms with Gasteiger partial charge < -0.3 is 4.90 Å². The van der Waals surface area contributed by atoms with E-state index in [2.05, 4.69) is 17.2 Å². The van der Waals surface area contributed by atoms with Crippen LogP contribution >= 0.6 is 11.6 Å². The molecular weight excluding hydrogens is 274 g/mol. The summed E-state index contributed by atoms with van der Waals surface area (Å²) >= 11 is 5.84. The molecule has 0 N–H and O–H groups in total. The molecule has 0 spiro atoms. The lowest BCUT2D eigenvalue weighted by Gasteiger charge is -2.13. The smallest absolute Gasteiger partial charge is 0.227 e. The minimum atomic E-state index is 0.134. The number of amides is 1. The van der Waals surface area contributed by atoms with Crippen molar-refractivity contribution in [3.8, 4) is 0 Å². The van der Waals surface area contributed by atoms with Gasteiger partial charge in [-0.3, -0.25) is 9.48 Å². The van der Waals surface area contributed by atoms with Crippen LogP contribution in [-0.4, -0.2) is 28.1 Å². The van der Waals surface area contributed by atoms with Gasteiger partial charge in [0.1, 0.15) is 0 Å². The number of benzene rings is 1. The number of alkyl halides is 1. The molecule has 104 valence electrons. The van der Waals surface area contributed by atoms with Gasteiger partial charge in [0.15, 0.2) is 0 Å². The summed E-state index contributed by atoms with van der Waals surface area (Å²) in [6.45, 7) is 1.40. The van der Waals surface area contributed by atoms with Crippen LogP contribution in [0, 0.1) is 5.92 Å². The van der Waals surface area contributed by atoms with E-state index in [1.807, 2.05) is 29.1 Å². The molecule has 0 saturated carbocycles. The summed E-state index contributed by atoms with van der Waals surface area (Å²) in [7, 11) is 0. The number of hydrogen-bond acceptors (Lipinski definition) is 2. The molecule has 3 rings (SSSR count). The molecular formula is C15H16ClN3O. The third-order valence-electron chi connectivity index (χ3n) is 3.54. The Morgan fingerprint density at radius 1 is 1.30 bits per heavy atom. The van der Waals surface area contributed by atoms with Crippen LogP contribution < -0.4 is 4.90 Å². The van der Waals surface area contributed by atoms with Crippen molar-refractivity contribution in [2.75, 3.05) is 17.3 Å². The van der Waals surface area contributed by atoms with Gasteiger partial charge >= 0.3 is 0 Å². The van der Waals surface area contributed by atoms with Crippen LogP contribution in [0.25, 0.3) is 0 Å². The summed E-state index contributed by atoms with van der Waals surface area (Å²) in [6.07, 6.45) is 4.20. The third-order valence-corrected chi connectivity index (χ3v) is 3.98. The molecule has 1 atom stereocenters. The number of halogens is 1.